The monoisotopic (exact) mass is 126 g/mol. The molecule has 0 rings (SSSR count). The maximum Gasteiger partial charge on any atom is 0.0495 e. The van der Waals surface area contributed by atoms with Gasteiger partial charge in [0.05, 0.1) is 0 Å². The third-order valence-corrected chi connectivity index (χ3v) is 1.73. The van der Waals surface area contributed by atoms with Crippen LogP contribution in [0.1, 0.15) is 8.80 Å². The Morgan fingerprint density at radius 1 is 1.50 bits per heavy atom. The van der Waals surface area contributed by atoms with Crippen molar-refractivity contribution >= 4 is 23.5 Å². The van der Waals surface area contributed by atoms with Crippen molar-refractivity contribution in [2.75, 3.05) is 17.6 Å². The molecule has 0 aromatic heterocycles. The predicted octanol–water partition coefficient (Wildman–Crippen LogP) is 2.31. The molecule has 0 heterocycles. The lowest BCUT2D eigenvalue weighted by atomic mass is 11.9. The predicted molar refractivity (Wildman–Crippen MR) is 38.6 cm³/mol. The molecule has 0 aliphatic rings. The standard InChI is InChI=1S/C3H8S2.CH4/c1-4-3-5-2;/h3H2,1-2H3;1H4/i3T;. The zero-order valence-corrected chi connectivity index (χ0v) is 5.03. The molecule has 0 aliphatic carbocycles. The van der Waals surface area contributed by atoms with E-state index in [1.165, 1.54) is 0 Å². The molecular formula is C4H12S2. The fourth-order valence-corrected chi connectivity index (χ4v) is 0.866. The Bertz CT molecular complexity index is 28.9. The minimum Gasteiger partial charge on any atom is -0.155 e. The first-order valence-electron chi connectivity index (χ1n) is 1.87. The van der Waals surface area contributed by atoms with Gasteiger partial charge in [-0.25, -0.2) is 0 Å². The zero-order valence-electron chi connectivity index (χ0n) is 4.39. The van der Waals surface area contributed by atoms with Gasteiger partial charge in [-0.15, -0.1) is 0 Å². The molecular weight excluding hydrogens is 112 g/mol. The lowest BCUT2D eigenvalue weighted by Crippen LogP contribution is -1.56. The summed E-state index contributed by atoms with van der Waals surface area (Å²) in [6, 6.07) is 0. The highest BCUT2D eigenvalue weighted by molar-refractivity contribution is 8.15. The van der Waals surface area contributed by atoms with Crippen LogP contribution in [0.5, 0.6) is 0 Å². The van der Waals surface area contributed by atoms with Crippen LogP contribution in [0.15, 0.2) is 0 Å². The zero-order chi connectivity index (χ0) is 4.99. The Balaban J connectivity index is 0. The van der Waals surface area contributed by atoms with Crippen molar-refractivity contribution in [2.24, 2.45) is 0 Å². The van der Waals surface area contributed by atoms with Crippen molar-refractivity contribution in [2.45, 2.75) is 7.43 Å². The summed E-state index contributed by atoms with van der Waals surface area (Å²) in [7, 11) is 0. The molecule has 0 spiro atoms. The van der Waals surface area contributed by atoms with E-state index in [1.807, 2.05) is 12.5 Å². The van der Waals surface area contributed by atoms with Crippen molar-refractivity contribution < 1.29 is 1.37 Å². The average Bonchev–Trinajstić information content (AvgIpc) is 1.65. The van der Waals surface area contributed by atoms with E-state index < -0.39 is 0 Å². The van der Waals surface area contributed by atoms with Crippen molar-refractivity contribution in [1.82, 2.24) is 0 Å². The van der Waals surface area contributed by atoms with Crippen LogP contribution in [0, 0.1) is 0 Å². The van der Waals surface area contributed by atoms with Gasteiger partial charge in [-0.3, -0.25) is 0 Å². The van der Waals surface area contributed by atoms with Crippen molar-refractivity contribution in [3.63, 3.8) is 0 Å². The second kappa shape index (κ2) is 9.20. The molecule has 0 atom stereocenters. The van der Waals surface area contributed by atoms with Gasteiger partial charge < -0.3 is 0 Å². The number of thioether (sulfide) groups is 2. The van der Waals surface area contributed by atoms with E-state index in [4.69, 9.17) is 1.37 Å². The molecule has 6 heavy (non-hydrogen) atoms. The SMILES string of the molecule is C.[3H]C(SC)SC. The molecule has 0 saturated heterocycles. The molecule has 2 heteroatoms. The van der Waals surface area contributed by atoms with Gasteiger partial charge in [-0.2, -0.15) is 23.5 Å². The molecule has 0 nitrogen and oxygen atoms in total. The van der Waals surface area contributed by atoms with E-state index >= 15 is 0 Å². The molecule has 0 amide bonds. The van der Waals surface area contributed by atoms with E-state index in [0.717, 1.165) is 0 Å². The highest BCUT2D eigenvalue weighted by Gasteiger charge is 1.67. The van der Waals surface area contributed by atoms with Crippen molar-refractivity contribution in [1.29, 1.82) is 0 Å². The summed E-state index contributed by atoms with van der Waals surface area (Å²) >= 11 is 3.11. The summed E-state index contributed by atoms with van der Waals surface area (Å²) in [6.07, 6.45) is 3.88. The van der Waals surface area contributed by atoms with E-state index in [9.17, 15) is 0 Å². The summed E-state index contributed by atoms with van der Waals surface area (Å²) in [4.78, 5) is 0. The minimum absolute atomic E-state index is 0. The second-order valence-electron chi connectivity index (χ2n) is 0.568. The molecule has 0 saturated carbocycles. The molecule has 0 aromatic rings. The molecule has 0 bridgehead atoms. The Morgan fingerprint density at radius 3 is 1.83 bits per heavy atom. The third-order valence-electron chi connectivity index (χ3n) is 0.192. The average molecular weight is 126 g/mol. The molecule has 0 aromatic carbocycles. The highest BCUT2D eigenvalue weighted by Crippen LogP contribution is 2.01. The van der Waals surface area contributed by atoms with Crippen LogP contribution in [0.3, 0.4) is 0 Å². The van der Waals surface area contributed by atoms with Gasteiger partial charge in [-0.05, 0) is 12.5 Å². The topological polar surface area (TPSA) is 0 Å². The quantitative estimate of drug-likeness (QED) is 0.521. The smallest absolute Gasteiger partial charge is 0.0495 e. The second-order valence-corrected chi connectivity index (χ2v) is 2.28. The molecule has 0 radical (unpaired) electrons. The molecule has 40 valence electrons. The summed E-state index contributed by atoms with van der Waals surface area (Å²) in [5.41, 5.74) is 0. The van der Waals surface area contributed by atoms with Gasteiger partial charge in [0.2, 0.25) is 0 Å². The van der Waals surface area contributed by atoms with E-state index in [0.29, 0.717) is 0 Å². The lowest BCUT2D eigenvalue weighted by molar-refractivity contribution is 2.20. The van der Waals surface area contributed by atoms with Crippen LogP contribution in [-0.2, 0) is 0 Å². The van der Waals surface area contributed by atoms with E-state index in [2.05, 4.69) is 0 Å². The Labute approximate surface area is 50.5 Å². The summed E-state index contributed by atoms with van der Waals surface area (Å²) < 4.78 is 7.00. The van der Waals surface area contributed by atoms with Crippen LogP contribution in [0.2, 0.25) is 0 Å². The van der Waals surface area contributed by atoms with E-state index in [-0.39, 0.29) is 12.5 Å². The van der Waals surface area contributed by atoms with Gasteiger partial charge in [0.1, 0.15) is 0 Å². The first-order chi connectivity index (χ1) is 2.81. The molecule has 0 N–H and O–H groups in total. The van der Waals surface area contributed by atoms with E-state index in [1.54, 1.807) is 23.5 Å². The summed E-state index contributed by atoms with van der Waals surface area (Å²) in [6.45, 7) is 0. The van der Waals surface area contributed by atoms with Gasteiger partial charge in [0, 0.05) is 6.43 Å². The molecule has 0 fully saturated rings. The number of hydrogen-bond donors (Lipinski definition) is 0. The maximum atomic E-state index is 7.00. The van der Waals surface area contributed by atoms with Crippen LogP contribution in [0.25, 0.3) is 0 Å². The Hall–Kier alpha value is 0.700. The van der Waals surface area contributed by atoms with Gasteiger partial charge >= 0.3 is 0 Å². The number of hydrogen-bond acceptors (Lipinski definition) is 2. The Morgan fingerprint density at radius 2 is 1.83 bits per heavy atom. The third kappa shape index (κ3) is 8.83. The summed E-state index contributed by atoms with van der Waals surface area (Å²) in [5, 5.41) is 0.0185. The first kappa shape index (κ1) is 6.70. The van der Waals surface area contributed by atoms with Crippen molar-refractivity contribution in [3.8, 4) is 0 Å². The lowest BCUT2D eigenvalue weighted by Gasteiger charge is -1.80. The van der Waals surface area contributed by atoms with Crippen molar-refractivity contribution in [3.05, 3.63) is 0 Å². The summed E-state index contributed by atoms with van der Waals surface area (Å²) in [5.74, 6) is 0. The largest absolute Gasteiger partial charge is 0.155 e. The maximum absolute atomic E-state index is 7.00. The van der Waals surface area contributed by atoms with Crippen LogP contribution >= 0.6 is 23.5 Å². The number of rotatable bonds is 2. The van der Waals surface area contributed by atoms with Crippen LogP contribution in [-0.4, -0.2) is 17.6 Å². The molecule has 0 aliphatic heterocycles. The highest BCUT2D eigenvalue weighted by atomic mass is 32.2. The van der Waals surface area contributed by atoms with Gasteiger partial charge in [-0.1, -0.05) is 7.43 Å². The van der Waals surface area contributed by atoms with Crippen LogP contribution < -0.4 is 0 Å². The van der Waals surface area contributed by atoms with Gasteiger partial charge in [0.15, 0.2) is 0 Å². The Kier molecular flexibility index (Phi) is 10.3. The fourth-order valence-electron chi connectivity index (χ4n) is 0.0962. The fraction of sp³-hybridized carbons (Fsp3) is 1.00. The first-order valence-corrected chi connectivity index (χ1v) is 3.86. The minimum atomic E-state index is 0. The van der Waals surface area contributed by atoms with Gasteiger partial charge in [0.25, 0.3) is 0 Å². The normalized spacial score (nSPS) is 10.2. The molecule has 0 unspecified atom stereocenters. The van der Waals surface area contributed by atoms with Crippen LogP contribution in [0.4, 0.5) is 0 Å².